The first-order chi connectivity index (χ1) is 8.51. The molecule has 0 saturated heterocycles. The Balaban J connectivity index is 0.00000324. The molecule has 1 amide bonds. The van der Waals surface area contributed by atoms with Crippen LogP contribution < -0.4 is 10.6 Å². The summed E-state index contributed by atoms with van der Waals surface area (Å²) in [5.74, 6) is -0.147. The maximum absolute atomic E-state index is 11.7. The zero-order chi connectivity index (χ0) is 13.6. The molecule has 0 aliphatic heterocycles. The Labute approximate surface area is 120 Å². The minimum Gasteiger partial charge on any atom is -0.351 e. The molecule has 5 nitrogen and oxygen atoms in total. The molecule has 0 atom stereocenters. The summed E-state index contributed by atoms with van der Waals surface area (Å²) in [7, 11) is -1.40. The van der Waals surface area contributed by atoms with E-state index in [9.17, 15) is 13.2 Å². The highest BCUT2D eigenvalue weighted by Crippen LogP contribution is 2.12. The highest BCUT2D eigenvalue weighted by molar-refractivity contribution is 7.91. The first-order valence-electron chi connectivity index (χ1n) is 5.77. The second-order valence-electron chi connectivity index (χ2n) is 3.79. The molecule has 1 aromatic carbocycles. The highest BCUT2D eigenvalue weighted by Gasteiger charge is 2.12. The van der Waals surface area contributed by atoms with Crippen molar-refractivity contribution in [3.63, 3.8) is 0 Å². The number of hydrogen-bond acceptors (Lipinski definition) is 4. The molecule has 0 aliphatic carbocycles. The van der Waals surface area contributed by atoms with E-state index >= 15 is 0 Å². The van der Waals surface area contributed by atoms with Gasteiger partial charge in [-0.15, -0.1) is 12.4 Å². The standard InChI is InChI=1S/C12H18N2O3S.ClH/c1-3-18(16,17)11-6-4-10(5-7-11)12(15)14-9-8-13-2;/h4-7,13H,3,8-9H2,1-2H3,(H,14,15);1H. The van der Waals surface area contributed by atoms with Gasteiger partial charge < -0.3 is 10.6 Å². The number of nitrogens with one attached hydrogen (secondary N) is 2. The van der Waals surface area contributed by atoms with Crippen LogP contribution in [0.4, 0.5) is 0 Å². The Bertz CT molecular complexity index is 500. The molecule has 0 unspecified atom stereocenters. The van der Waals surface area contributed by atoms with Crippen LogP contribution in [-0.4, -0.2) is 40.2 Å². The lowest BCUT2D eigenvalue weighted by Gasteiger charge is -2.06. The normalized spacial score (nSPS) is 10.6. The molecule has 0 radical (unpaired) electrons. The number of sulfone groups is 1. The van der Waals surface area contributed by atoms with Gasteiger partial charge in [0.25, 0.3) is 5.91 Å². The summed E-state index contributed by atoms with van der Waals surface area (Å²) >= 11 is 0. The number of likely N-dealkylation sites (N-methyl/N-ethyl adjacent to an activating group) is 1. The minimum atomic E-state index is -3.20. The molecular formula is C12H19ClN2O3S. The minimum absolute atomic E-state index is 0. The van der Waals surface area contributed by atoms with E-state index in [-0.39, 0.29) is 29.0 Å². The van der Waals surface area contributed by atoms with Crippen molar-refractivity contribution in [1.82, 2.24) is 10.6 Å². The summed E-state index contributed by atoms with van der Waals surface area (Å²) in [6, 6.07) is 5.98. The van der Waals surface area contributed by atoms with Gasteiger partial charge in [-0.1, -0.05) is 6.92 Å². The fourth-order valence-electron chi connectivity index (χ4n) is 1.38. The molecule has 2 N–H and O–H groups in total. The van der Waals surface area contributed by atoms with Gasteiger partial charge in [0, 0.05) is 18.7 Å². The van der Waals surface area contributed by atoms with Gasteiger partial charge in [-0.2, -0.15) is 0 Å². The Kier molecular flexibility index (Phi) is 7.66. The van der Waals surface area contributed by atoms with Crippen LogP contribution in [0.25, 0.3) is 0 Å². The molecule has 0 bridgehead atoms. The molecule has 0 aromatic heterocycles. The lowest BCUT2D eigenvalue weighted by Crippen LogP contribution is -2.30. The third-order valence-corrected chi connectivity index (χ3v) is 4.27. The molecule has 108 valence electrons. The molecule has 0 aliphatic rings. The molecule has 0 heterocycles. The monoisotopic (exact) mass is 306 g/mol. The summed E-state index contributed by atoms with van der Waals surface area (Å²) in [5, 5.41) is 5.64. The van der Waals surface area contributed by atoms with Gasteiger partial charge in [-0.05, 0) is 31.3 Å². The summed E-state index contributed by atoms with van der Waals surface area (Å²) in [6.45, 7) is 2.81. The third-order valence-electron chi connectivity index (χ3n) is 2.52. The van der Waals surface area contributed by atoms with Crippen LogP contribution in [0.15, 0.2) is 29.2 Å². The van der Waals surface area contributed by atoms with Gasteiger partial charge in [0.15, 0.2) is 9.84 Å². The Morgan fingerprint density at radius 2 is 1.74 bits per heavy atom. The first kappa shape index (κ1) is 17.9. The van der Waals surface area contributed by atoms with Crippen LogP contribution in [0, 0.1) is 0 Å². The Morgan fingerprint density at radius 1 is 1.16 bits per heavy atom. The van der Waals surface area contributed by atoms with Gasteiger partial charge in [0.2, 0.25) is 0 Å². The van der Waals surface area contributed by atoms with Crippen LogP contribution in [0.2, 0.25) is 0 Å². The van der Waals surface area contributed by atoms with Crippen molar-refractivity contribution in [3.8, 4) is 0 Å². The van der Waals surface area contributed by atoms with Crippen molar-refractivity contribution in [2.24, 2.45) is 0 Å². The van der Waals surface area contributed by atoms with Crippen LogP contribution in [0.1, 0.15) is 17.3 Å². The molecule has 7 heteroatoms. The van der Waals surface area contributed by atoms with Crippen LogP contribution in [0.5, 0.6) is 0 Å². The van der Waals surface area contributed by atoms with E-state index < -0.39 is 9.84 Å². The van der Waals surface area contributed by atoms with Crippen molar-refractivity contribution in [3.05, 3.63) is 29.8 Å². The van der Waals surface area contributed by atoms with E-state index in [1.54, 1.807) is 14.0 Å². The fourth-order valence-corrected chi connectivity index (χ4v) is 2.27. The third kappa shape index (κ3) is 5.18. The zero-order valence-corrected chi connectivity index (χ0v) is 12.6. The largest absolute Gasteiger partial charge is 0.351 e. The molecule has 0 fully saturated rings. The van der Waals surface area contributed by atoms with E-state index in [0.29, 0.717) is 18.7 Å². The lowest BCUT2D eigenvalue weighted by molar-refractivity contribution is 0.0954. The van der Waals surface area contributed by atoms with Crippen LogP contribution >= 0.6 is 12.4 Å². The highest BCUT2D eigenvalue weighted by atomic mass is 35.5. The molecule has 1 aromatic rings. The van der Waals surface area contributed by atoms with E-state index in [1.807, 2.05) is 0 Å². The molecule has 1 rings (SSSR count). The second kappa shape index (κ2) is 8.14. The summed E-state index contributed by atoms with van der Waals surface area (Å²) in [5.41, 5.74) is 0.459. The number of amides is 1. The second-order valence-corrected chi connectivity index (χ2v) is 6.07. The van der Waals surface area contributed by atoms with Gasteiger partial charge in [-0.3, -0.25) is 4.79 Å². The fraction of sp³-hybridized carbons (Fsp3) is 0.417. The maximum Gasteiger partial charge on any atom is 0.251 e. The molecule has 0 spiro atoms. The number of rotatable bonds is 6. The summed E-state index contributed by atoms with van der Waals surface area (Å²) in [6.07, 6.45) is 0. The van der Waals surface area contributed by atoms with Gasteiger partial charge in [-0.25, -0.2) is 8.42 Å². The van der Waals surface area contributed by atoms with Crippen molar-refractivity contribution in [2.75, 3.05) is 25.9 Å². The van der Waals surface area contributed by atoms with Gasteiger partial charge in [0.05, 0.1) is 10.6 Å². The number of carbonyl (C=O) groups is 1. The smallest absolute Gasteiger partial charge is 0.251 e. The average Bonchev–Trinajstić information content (AvgIpc) is 2.39. The Hall–Kier alpha value is -1.11. The molecule has 19 heavy (non-hydrogen) atoms. The maximum atomic E-state index is 11.7. The number of benzene rings is 1. The lowest BCUT2D eigenvalue weighted by atomic mass is 10.2. The SMILES string of the molecule is CCS(=O)(=O)c1ccc(C(=O)NCCNC)cc1.Cl. The van der Waals surface area contributed by atoms with Gasteiger partial charge >= 0.3 is 0 Å². The summed E-state index contributed by atoms with van der Waals surface area (Å²) < 4.78 is 23.2. The van der Waals surface area contributed by atoms with Gasteiger partial charge in [0.1, 0.15) is 0 Å². The van der Waals surface area contributed by atoms with Crippen molar-refractivity contribution >= 4 is 28.2 Å². The number of hydrogen-bond donors (Lipinski definition) is 2. The number of halogens is 1. The van der Waals surface area contributed by atoms with Crippen molar-refractivity contribution < 1.29 is 13.2 Å². The molecule has 0 saturated carbocycles. The predicted molar refractivity (Wildman–Crippen MR) is 77.7 cm³/mol. The van der Waals surface area contributed by atoms with Crippen LogP contribution in [0.3, 0.4) is 0 Å². The predicted octanol–water partition coefficient (Wildman–Crippen LogP) is 0.851. The first-order valence-corrected chi connectivity index (χ1v) is 7.42. The molecular weight excluding hydrogens is 288 g/mol. The average molecular weight is 307 g/mol. The van der Waals surface area contributed by atoms with E-state index in [1.165, 1.54) is 24.3 Å². The quantitative estimate of drug-likeness (QED) is 0.764. The van der Waals surface area contributed by atoms with Crippen molar-refractivity contribution in [1.29, 1.82) is 0 Å². The Morgan fingerprint density at radius 3 is 2.21 bits per heavy atom. The topological polar surface area (TPSA) is 75.3 Å². The van der Waals surface area contributed by atoms with Crippen molar-refractivity contribution in [2.45, 2.75) is 11.8 Å². The van der Waals surface area contributed by atoms with E-state index in [2.05, 4.69) is 10.6 Å². The van der Waals surface area contributed by atoms with E-state index in [4.69, 9.17) is 0 Å². The zero-order valence-electron chi connectivity index (χ0n) is 11.0. The summed E-state index contributed by atoms with van der Waals surface area (Å²) in [4.78, 5) is 11.9. The van der Waals surface area contributed by atoms with Crippen LogP contribution in [-0.2, 0) is 9.84 Å². The number of carbonyl (C=O) groups excluding carboxylic acids is 1. The van der Waals surface area contributed by atoms with E-state index in [0.717, 1.165) is 0 Å².